The van der Waals surface area contributed by atoms with Gasteiger partial charge >= 0.3 is 0 Å². The molecule has 0 aliphatic heterocycles. The summed E-state index contributed by atoms with van der Waals surface area (Å²) in [6, 6.07) is 9.92. The van der Waals surface area contributed by atoms with Gasteiger partial charge in [0, 0.05) is 6.54 Å². The SMILES string of the molecule is CCC(C)(O)CNOCc1ccccc1. The normalized spacial score (nSPS) is 14.9. The predicted octanol–water partition coefficient (Wildman–Crippen LogP) is 1.87. The zero-order valence-corrected chi connectivity index (χ0v) is 9.36. The lowest BCUT2D eigenvalue weighted by molar-refractivity contribution is -0.0322. The Balaban J connectivity index is 2.18. The summed E-state index contributed by atoms with van der Waals surface area (Å²) in [6.07, 6.45) is 0.703. The van der Waals surface area contributed by atoms with Crippen LogP contribution in [-0.4, -0.2) is 17.3 Å². The first kappa shape index (κ1) is 12.2. The van der Waals surface area contributed by atoms with Crippen LogP contribution in [0.3, 0.4) is 0 Å². The van der Waals surface area contributed by atoms with Crippen LogP contribution in [-0.2, 0) is 11.4 Å². The molecule has 3 heteroatoms. The van der Waals surface area contributed by atoms with Gasteiger partial charge in [0.25, 0.3) is 0 Å². The first-order valence-corrected chi connectivity index (χ1v) is 5.25. The molecule has 1 aromatic carbocycles. The van der Waals surface area contributed by atoms with E-state index in [1.54, 1.807) is 6.92 Å². The summed E-state index contributed by atoms with van der Waals surface area (Å²) in [6.45, 7) is 4.68. The fraction of sp³-hybridized carbons (Fsp3) is 0.500. The zero-order valence-electron chi connectivity index (χ0n) is 9.36. The van der Waals surface area contributed by atoms with E-state index in [1.165, 1.54) is 0 Å². The number of nitrogens with one attached hydrogen (secondary N) is 1. The minimum Gasteiger partial charge on any atom is -0.389 e. The van der Waals surface area contributed by atoms with E-state index in [1.807, 2.05) is 37.3 Å². The van der Waals surface area contributed by atoms with Crippen molar-refractivity contribution in [3.8, 4) is 0 Å². The third-order valence-electron chi connectivity index (χ3n) is 2.40. The van der Waals surface area contributed by atoms with Crippen molar-refractivity contribution in [3.63, 3.8) is 0 Å². The van der Waals surface area contributed by atoms with Crippen molar-refractivity contribution < 1.29 is 9.94 Å². The summed E-state index contributed by atoms with van der Waals surface area (Å²) < 4.78 is 0. The molecule has 0 radical (unpaired) electrons. The van der Waals surface area contributed by atoms with Crippen molar-refractivity contribution in [2.24, 2.45) is 0 Å². The van der Waals surface area contributed by atoms with Crippen LogP contribution in [0.25, 0.3) is 0 Å². The zero-order chi connectivity index (χ0) is 11.1. The quantitative estimate of drug-likeness (QED) is 0.555. The minimum atomic E-state index is -0.698. The minimum absolute atomic E-state index is 0.441. The molecule has 0 spiro atoms. The van der Waals surface area contributed by atoms with Crippen molar-refractivity contribution in [2.75, 3.05) is 6.54 Å². The molecule has 0 heterocycles. The Morgan fingerprint density at radius 3 is 2.60 bits per heavy atom. The molecule has 2 N–H and O–H groups in total. The number of hydrogen-bond acceptors (Lipinski definition) is 3. The van der Waals surface area contributed by atoms with Crippen LogP contribution in [0, 0.1) is 0 Å². The highest BCUT2D eigenvalue weighted by Gasteiger charge is 2.16. The van der Waals surface area contributed by atoms with Crippen LogP contribution >= 0.6 is 0 Å². The Morgan fingerprint density at radius 1 is 1.33 bits per heavy atom. The van der Waals surface area contributed by atoms with Crippen LogP contribution in [0.4, 0.5) is 0 Å². The maximum absolute atomic E-state index is 9.68. The molecule has 3 nitrogen and oxygen atoms in total. The van der Waals surface area contributed by atoms with Crippen molar-refractivity contribution in [1.82, 2.24) is 5.48 Å². The Labute approximate surface area is 91.0 Å². The van der Waals surface area contributed by atoms with Gasteiger partial charge in [0.05, 0.1) is 12.2 Å². The van der Waals surface area contributed by atoms with Gasteiger partial charge in [0.1, 0.15) is 0 Å². The first-order valence-electron chi connectivity index (χ1n) is 5.25. The summed E-state index contributed by atoms with van der Waals surface area (Å²) >= 11 is 0. The summed E-state index contributed by atoms with van der Waals surface area (Å²) in [5.41, 5.74) is 3.19. The largest absolute Gasteiger partial charge is 0.389 e. The molecular formula is C12H19NO2. The fourth-order valence-corrected chi connectivity index (χ4v) is 1.04. The van der Waals surface area contributed by atoms with E-state index >= 15 is 0 Å². The van der Waals surface area contributed by atoms with Gasteiger partial charge in [-0.05, 0) is 18.9 Å². The van der Waals surface area contributed by atoms with Crippen LogP contribution in [0.1, 0.15) is 25.8 Å². The van der Waals surface area contributed by atoms with Gasteiger partial charge in [-0.1, -0.05) is 37.3 Å². The van der Waals surface area contributed by atoms with E-state index in [4.69, 9.17) is 4.84 Å². The highest BCUT2D eigenvalue weighted by atomic mass is 16.6. The van der Waals surface area contributed by atoms with Crippen LogP contribution in [0.5, 0.6) is 0 Å². The molecule has 0 aromatic heterocycles. The molecule has 15 heavy (non-hydrogen) atoms. The van der Waals surface area contributed by atoms with Gasteiger partial charge in [-0.3, -0.25) is 4.84 Å². The molecule has 0 saturated carbocycles. The highest BCUT2D eigenvalue weighted by molar-refractivity contribution is 5.13. The van der Waals surface area contributed by atoms with E-state index in [-0.39, 0.29) is 0 Å². The average Bonchev–Trinajstić information content (AvgIpc) is 2.26. The highest BCUT2D eigenvalue weighted by Crippen LogP contribution is 2.06. The lowest BCUT2D eigenvalue weighted by atomic mass is 10.1. The summed E-state index contributed by atoms with van der Waals surface area (Å²) in [5.74, 6) is 0. The molecular weight excluding hydrogens is 190 g/mol. The van der Waals surface area contributed by atoms with Crippen LogP contribution < -0.4 is 5.48 Å². The Kier molecular flexibility index (Phi) is 4.75. The molecule has 0 aliphatic rings. The topological polar surface area (TPSA) is 41.5 Å². The maximum atomic E-state index is 9.68. The molecule has 1 atom stereocenters. The third-order valence-corrected chi connectivity index (χ3v) is 2.40. The predicted molar refractivity (Wildman–Crippen MR) is 60.1 cm³/mol. The van der Waals surface area contributed by atoms with Gasteiger partial charge in [-0.2, -0.15) is 5.48 Å². The second kappa shape index (κ2) is 5.85. The van der Waals surface area contributed by atoms with Crippen molar-refractivity contribution in [3.05, 3.63) is 35.9 Å². The lowest BCUT2D eigenvalue weighted by Gasteiger charge is -2.21. The van der Waals surface area contributed by atoms with E-state index in [0.29, 0.717) is 19.6 Å². The molecule has 0 saturated heterocycles. The maximum Gasteiger partial charge on any atom is 0.0933 e. The van der Waals surface area contributed by atoms with E-state index in [0.717, 1.165) is 5.56 Å². The Bertz CT molecular complexity index is 272. The molecule has 84 valence electrons. The van der Waals surface area contributed by atoms with Crippen molar-refractivity contribution in [1.29, 1.82) is 0 Å². The van der Waals surface area contributed by atoms with Gasteiger partial charge < -0.3 is 5.11 Å². The molecule has 1 unspecified atom stereocenters. The van der Waals surface area contributed by atoms with Gasteiger partial charge in [-0.25, -0.2) is 0 Å². The van der Waals surface area contributed by atoms with Crippen molar-refractivity contribution in [2.45, 2.75) is 32.5 Å². The van der Waals surface area contributed by atoms with Gasteiger partial charge in [0.15, 0.2) is 0 Å². The molecule has 0 amide bonds. The average molecular weight is 209 g/mol. The van der Waals surface area contributed by atoms with E-state index in [9.17, 15) is 5.11 Å². The molecule has 1 aromatic rings. The van der Waals surface area contributed by atoms with E-state index < -0.39 is 5.60 Å². The number of benzene rings is 1. The number of rotatable bonds is 6. The summed E-state index contributed by atoms with van der Waals surface area (Å²) in [4.78, 5) is 5.25. The third kappa shape index (κ3) is 4.93. The standard InChI is InChI=1S/C12H19NO2/c1-3-12(2,14)10-13-15-9-11-7-5-4-6-8-11/h4-8,13-14H,3,9-10H2,1-2H3. The lowest BCUT2D eigenvalue weighted by Crippen LogP contribution is -2.37. The number of hydroxylamine groups is 1. The number of aliphatic hydroxyl groups is 1. The fourth-order valence-electron chi connectivity index (χ4n) is 1.04. The number of hydrogen-bond donors (Lipinski definition) is 2. The summed E-state index contributed by atoms with van der Waals surface area (Å²) in [5, 5.41) is 9.68. The molecule has 0 fully saturated rings. The summed E-state index contributed by atoms with van der Waals surface area (Å²) in [7, 11) is 0. The monoisotopic (exact) mass is 209 g/mol. The van der Waals surface area contributed by atoms with Crippen LogP contribution in [0.2, 0.25) is 0 Å². The second-order valence-corrected chi connectivity index (χ2v) is 3.95. The Morgan fingerprint density at radius 2 is 2.00 bits per heavy atom. The van der Waals surface area contributed by atoms with E-state index in [2.05, 4.69) is 5.48 Å². The first-order chi connectivity index (χ1) is 7.14. The van der Waals surface area contributed by atoms with Gasteiger partial charge in [-0.15, -0.1) is 0 Å². The van der Waals surface area contributed by atoms with Gasteiger partial charge in [0.2, 0.25) is 0 Å². The van der Waals surface area contributed by atoms with Crippen LogP contribution in [0.15, 0.2) is 30.3 Å². The second-order valence-electron chi connectivity index (χ2n) is 3.95. The Hall–Kier alpha value is -0.900. The van der Waals surface area contributed by atoms with Crippen molar-refractivity contribution >= 4 is 0 Å². The smallest absolute Gasteiger partial charge is 0.0933 e. The molecule has 0 bridgehead atoms. The molecule has 1 rings (SSSR count). The molecule has 0 aliphatic carbocycles.